The Kier molecular flexibility index (Phi) is 5.93. The normalized spacial score (nSPS) is 19.3. The van der Waals surface area contributed by atoms with E-state index in [1.165, 1.54) is 31.9 Å². The van der Waals surface area contributed by atoms with Crippen LogP contribution in [0.25, 0.3) is 5.69 Å². The van der Waals surface area contributed by atoms with Gasteiger partial charge in [-0.2, -0.15) is 13.2 Å². The number of anilines is 1. The molecule has 3 aromatic rings. The highest BCUT2D eigenvalue weighted by Crippen LogP contribution is 2.57. The Balaban J connectivity index is 1.26. The zero-order valence-corrected chi connectivity index (χ0v) is 22.4. The van der Waals surface area contributed by atoms with Gasteiger partial charge in [0.05, 0.1) is 25.0 Å². The molecule has 1 aromatic heterocycles. The van der Waals surface area contributed by atoms with Crippen LogP contribution in [0.1, 0.15) is 49.8 Å². The van der Waals surface area contributed by atoms with Crippen molar-refractivity contribution in [2.75, 3.05) is 25.1 Å². The van der Waals surface area contributed by atoms with E-state index in [0.29, 0.717) is 41.0 Å². The third-order valence-corrected chi connectivity index (χ3v) is 8.79. The van der Waals surface area contributed by atoms with Gasteiger partial charge in [-0.15, -0.1) is 10.2 Å². The predicted octanol–water partition coefficient (Wildman–Crippen LogP) is 6.25. The number of methoxy groups -OCH3 is 1. The van der Waals surface area contributed by atoms with Crippen LogP contribution in [0.3, 0.4) is 0 Å². The van der Waals surface area contributed by atoms with Crippen molar-refractivity contribution in [1.29, 1.82) is 0 Å². The quantitative estimate of drug-likeness (QED) is 0.349. The third-order valence-electron chi connectivity index (χ3n) is 8.55. The molecule has 1 saturated carbocycles. The monoisotopic (exact) mass is 567 g/mol. The molecule has 0 atom stereocenters. The average Bonchev–Trinajstić information content (AvgIpc) is 3.12. The molecule has 2 fully saturated rings. The van der Waals surface area contributed by atoms with Gasteiger partial charge in [0.25, 0.3) is 0 Å². The van der Waals surface area contributed by atoms with Gasteiger partial charge >= 0.3 is 6.18 Å². The van der Waals surface area contributed by atoms with Crippen LogP contribution in [-0.2, 0) is 13.1 Å². The summed E-state index contributed by atoms with van der Waals surface area (Å²) in [6, 6.07) is 7.44. The van der Waals surface area contributed by atoms with E-state index < -0.39 is 23.3 Å². The Morgan fingerprint density at radius 1 is 0.974 bits per heavy atom. The van der Waals surface area contributed by atoms with Crippen molar-refractivity contribution in [2.24, 2.45) is 5.41 Å². The number of aromatic nitrogens is 3. The molecule has 12 heteroatoms. The van der Waals surface area contributed by atoms with Crippen LogP contribution < -0.4 is 9.64 Å². The van der Waals surface area contributed by atoms with Gasteiger partial charge in [-0.1, -0.05) is 11.6 Å². The zero-order valence-electron chi connectivity index (χ0n) is 21.6. The summed E-state index contributed by atoms with van der Waals surface area (Å²) < 4.78 is 77.1. The second-order valence-corrected chi connectivity index (χ2v) is 11.8. The predicted molar refractivity (Wildman–Crippen MR) is 135 cm³/mol. The topological polar surface area (TPSA) is 46.4 Å². The standard InChI is InChI=1S/C27H27ClF5N5O/c1-25(2,27(31,32)33)37-11-15-6-17(28)4-5-20(15)38-23(12-37)34-35-24(38)16-9-26(10-16)13-36(14-26)21-8-22(39-3)19(30)7-18(21)29/h4-8,16H,9-14H2,1-3H3. The average molecular weight is 568 g/mol. The van der Waals surface area contributed by atoms with E-state index in [2.05, 4.69) is 10.2 Å². The summed E-state index contributed by atoms with van der Waals surface area (Å²) >= 11 is 6.25. The van der Waals surface area contributed by atoms with Crippen molar-refractivity contribution in [3.63, 3.8) is 0 Å². The van der Waals surface area contributed by atoms with Crippen LogP contribution in [0.4, 0.5) is 27.6 Å². The molecule has 1 saturated heterocycles. The van der Waals surface area contributed by atoms with E-state index in [-0.39, 0.29) is 30.2 Å². The molecule has 208 valence electrons. The van der Waals surface area contributed by atoms with Crippen molar-refractivity contribution in [2.45, 2.75) is 57.4 Å². The molecule has 2 aromatic carbocycles. The molecule has 6 nitrogen and oxygen atoms in total. The molecular formula is C27H27ClF5N5O. The summed E-state index contributed by atoms with van der Waals surface area (Å²) in [6.45, 7) is 3.58. The van der Waals surface area contributed by atoms with Crippen molar-refractivity contribution in [1.82, 2.24) is 19.7 Å². The van der Waals surface area contributed by atoms with E-state index in [9.17, 15) is 22.0 Å². The van der Waals surface area contributed by atoms with E-state index in [0.717, 1.165) is 24.6 Å². The summed E-state index contributed by atoms with van der Waals surface area (Å²) in [4.78, 5) is 3.23. The SMILES string of the molecule is COc1cc(N2CC3(CC(c4nnc5n4-c4ccc(Cl)cc4CN(C(C)(C)C(F)(F)F)C5)C3)C2)c(F)cc1F. The van der Waals surface area contributed by atoms with Crippen molar-refractivity contribution in [3.8, 4) is 11.4 Å². The highest BCUT2D eigenvalue weighted by Gasteiger charge is 2.55. The molecule has 3 heterocycles. The maximum atomic E-state index is 14.5. The van der Waals surface area contributed by atoms with Crippen LogP contribution in [0.2, 0.25) is 5.02 Å². The molecule has 0 amide bonds. The molecule has 6 rings (SSSR count). The molecule has 0 N–H and O–H groups in total. The summed E-state index contributed by atoms with van der Waals surface area (Å²) in [7, 11) is 1.34. The number of hydrogen-bond acceptors (Lipinski definition) is 5. The van der Waals surface area contributed by atoms with Gasteiger partial charge in [0.15, 0.2) is 17.4 Å². The Morgan fingerprint density at radius 2 is 1.69 bits per heavy atom. The number of rotatable bonds is 4. The molecule has 0 bridgehead atoms. The first kappa shape index (κ1) is 26.3. The fourth-order valence-corrected chi connectivity index (χ4v) is 6.34. The molecule has 2 aliphatic heterocycles. The van der Waals surface area contributed by atoms with Gasteiger partial charge in [0.2, 0.25) is 0 Å². The summed E-state index contributed by atoms with van der Waals surface area (Å²) in [5.74, 6) is -0.190. The molecule has 1 aliphatic carbocycles. The Morgan fingerprint density at radius 3 is 2.36 bits per heavy atom. The van der Waals surface area contributed by atoms with Gasteiger partial charge in [-0.3, -0.25) is 9.47 Å². The lowest BCUT2D eigenvalue weighted by molar-refractivity contribution is -0.224. The molecule has 39 heavy (non-hydrogen) atoms. The summed E-state index contributed by atoms with van der Waals surface area (Å²) in [5.41, 5.74) is -0.432. The fourth-order valence-electron chi connectivity index (χ4n) is 6.14. The van der Waals surface area contributed by atoms with Crippen LogP contribution in [0.5, 0.6) is 5.75 Å². The number of ether oxygens (including phenoxy) is 1. The van der Waals surface area contributed by atoms with Gasteiger partial charge in [-0.25, -0.2) is 8.78 Å². The van der Waals surface area contributed by atoms with Crippen LogP contribution in [0.15, 0.2) is 30.3 Å². The van der Waals surface area contributed by atoms with Gasteiger partial charge in [0.1, 0.15) is 17.2 Å². The van der Waals surface area contributed by atoms with Crippen LogP contribution >= 0.6 is 11.6 Å². The van der Waals surface area contributed by atoms with Crippen molar-refractivity contribution >= 4 is 17.3 Å². The van der Waals surface area contributed by atoms with E-state index >= 15 is 0 Å². The second kappa shape index (κ2) is 8.79. The zero-order chi connectivity index (χ0) is 27.9. The molecule has 1 spiro atoms. The third kappa shape index (κ3) is 4.16. The Labute approximate surface area is 227 Å². The number of hydrogen-bond donors (Lipinski definition) is 0. The molecule has 0 unspecified atom stereocenters. The van der Waals surface area contributed by atoms with Crippen LogP contribution in [0, 0.1) is 17.0 Å². The first-order valence-electron chi connectivity index (χ1n) is 12.6. The minimum absolute atomic E-state index is 0.00787. The smallest absolute Gasteiger partial charge is 0.406 e. The van der Waals surface area contributed by atoms with Gasteiger partial charge in [0, 0.05) is 48.1 Å². The van der Waals surface area contributed by atoms with E-state index in [1.54, 1.807) is 12.1 Å². The fraction of sp³-hybridized carbons (Fsp3) is 0.481. The minimum Gasteiger partial charge on any atom is -0.494 e. The molecule has 0 radical (unpaired) electrons. The highest BCUT2D eigenvalue weighted by atomic mass is 35.5. The largest absolute Gasteiger partial charge is 0.494 e. The van der Waals surface area contributed by atoms with Gasteiger partial charge in [-0.05, 0) is 50.5 Å². The first-order valence-corrected chi connectivity index (χ1v) is 13.0. The number of benzene rings is 2. The number of alkyl halides is 3. The maximum absolute atomic E-state index is 14.5. The lowest BCUT2D eigenvalue weighted by atomic mass is 9.57. The highest BCUT2D eigenvalue weighted by molar-refractivity contribution is 6.30. The summed E-state index contributed by atoms with van der Waals surface area (Å²) in [5, 5.41) is 9.23. The number of halogens is 6. The Hall–Kier alpha value is -2.92. The van der Waals surface area contributed by atoms with Crippen molar-refractivity contribution in [3.05, 3.63) is 64.2 Å². The lowest BCUT2D eigenvalue weighted by Crippen LogP contribution is -2.62. The molecule has 3 aliphatic rings. The van der Waals surface area contributed by atoms with Crippen LogP contribution in [-0.4, -0.2) is 51.6 Å². The maximum Gasteiger partial charge on any atom is 0.406 e. The van der Waals surface area contributed by atoms with E-state index in [4.69, 9.17) is 16.3 Å². The second-order valence-electron chi connectivity index (χ2n) is 11.4. The van der Waals surface area contributed by atoms with Gasteiger partial charge < -0.3 is 9.64 Å². The minimum atomic E-state index is -4.45. The first-order chi connectivity index (χ1) is 18.3. The van der Waals surface area contributed by atoms with Crippen molar-refractivity contribution < 1.29 is 26.7 Å². The summed E-state index contributed by atoms with van der Waals surface area (Å²) in [6.07, 6.45) is -2.89. The molecular weight excluding hydrogens is 541 g/mol. The number of nitrogens with zero attached hydrogens (tertiary/aromatic N) is 5. The lowest BCUT2D eigenvalue weighted by Gasteiger charge is -2.59. The van der Waals surface area contributed by atoms with E-state index in [1.807, 2.05) is 15.5 Å². The number of fused-ring (bicyclic) bond motifs is 3. The Bertz CT molecular complexity index is 1440.